The van der Waals surface area contributed by atoms with Crippen LogP contribution in [0.15, 0.2) is 6.33 Å². The van der Waals surface area contributed by atoms with Gasteiger partial charge in [0.15, 0.2) is 11.9 Å². The number of aliphatic hydroxyl groups excluding tert-OH is 1. The highest BCUT2D eigenvalue weighted by Gasteiger charge is 2.55. The summed E-state index contributed by atoms with van der Waals surface area (Å²) < 4.78 is 26.8. The van der Waals surface area contributed by atoms with Crippen LogP contribution in [-0.4, -0.2) is 65.1 Å². The van der Waals surface area contributed by atoms with E-state index in [2.05, 4.69) is 65.4 Å². The molecule has 0 spiro atoms. The van der Waals surface area contributed by atoms with E-state index < -0.39 is 33.1 Å². The van der Waals surface area contributed by atoms with Gasteiger partial charge in [0.2, 0.25) is 0 Å². The van der Waals surface area contributed by atoms with Crippen LogP contribution in [0, 0.1) is 3.70 Å². The van der Waals surface area contributed by atoms with Crippen LogP contribution in [0.2, 0.25) is 11.1 Å². The summed E-state index contributed by atoms with van der Waals surface area (Å²) in [4.78, 5) is 8.34. The van der Waals surface area contributed by atoms with Gasteiger partial charge in [0, 0.05) is 0 Å². The standard InChI is InChI=1S/C17H26IN5O5Si/c1-8(2)29(9(3)4)26-7-25-5-10-13(28-29)12(24)17(27-10)23-16-11(14(18)22-23)15(19)20-6-21-16/h6,8-10,12-13,17,24H,5,7H2,1-4H3,(H2,19,20,21)/t10-,12+,13+,17+/m0/s1. The Morgan fingerprint density at radius 3 is 2.69 bits per heavy atom. The maximum Gasteiger partial charge on any atom is 0.345 e. The van der Waals surface area contributed by atoms with Crippen molar-refractivity contribution in [1.82, 2.24) is 19.7 Å². The van der Waals surface area contributed by atoms with E-state index in [0.717, 1.165) is 0 Å². The van der Waals surface area contributed by atoms with Crippen molar-refractivity contribution in [1.29, 1.82) is 0 Å². The van der Waals surface area contributed by atoms with E-state index in [1.807, 2.05) is 0 Å². The zero-order valence-electron chi connectivity index (χ0n) is 16.8. The molecule has 2 aliphatic heterocycles. The minimum Gasteiger partial charge on any atom is -0.386 e. The predicted molar refractivity (Wildman–Crippen MR) is 115 cm³/mol. The number of nitrogen functional groups attached to an aromatic ring is 1. The minimum atomic E-state index is -2.68. The van der Waals surface area contributed by atoms with Crippen LogP contribution in [0.3, 0.4) is 0 Å². The van der Waals surface area contributed by atoms with Gasteiger partial charge in [-0.15, -0.1) is 0 Å². The molecule has 160 valence electrons. The lowest BCUT2D eigenvalue weighted by molar-refractivity contribution is -0.116. The molecule has 3 N–H and O–H groups in total. The van der Waals surface area contributed by atoms with Gasteiger partial charge in [0.1, 0.15) is 41.0 Å². The highest BCUT2D eigenvalue weighted by Crippen LogP contribution is 2.42. The second kappa shape index (κ2) is 7.98. The molecule has 0 aliphatic carbocycles. The fourth-order valence-electron chi connectivity index (χ4n) is 4.15. The number of rotatable bonds is 3. The summed E-state index contributed by atoms with van der Waals surface area (Å²) in [5.74, 6) is 0.336. The Labute approximate surface area is 183 Å². The molecule has 0 unspecified atom stereocenters. The van der Waals surface area contributed by atoms with E-state index in [-0.39, 0.29) is 24.5 Å². The molecule has 4 heterocycles. The molecular weight excluding hydrogens is 509 g/mol. The van der Waals surface area contributed by atoms with Crippen LogP contribution >= 0.6 is 22.6 Å². The van der Waals surface area contributed by atoms with Crippen molar-refractivity contribution in [2.24, 2.45) is 0 Å². The summed E-state index contributed by atoms with van der Waals surface area (Å²) in [6.07, 6.45) is -1.41. The van der Waals surface area contributed by atoms with Crippen LogP contribution in [-0.2, 0) is 18.3 Å². The first-order valence-corrected chi connectivity index (χ1v) is 12.7. The fourth-order valence-corrected chi connectivity index (χ4v) is 8.50. The SMILES string of the molecule is CC(C)[Si]1(C(C)C)OCOC[C@@H]2O[C@@H](n3nc(I)c4c(N)ncnc43)[C@H](O)[C@@H]2O1. The van der Waals surface area contributed by atoms with E-state index in [0.29, 0.717) is 20.6 Å². The molecule has 12 heteroatoms. The van der Waals surface area contributed by atoms with Gasteiger partial charge in [-0.05, 0) is 33.7 Å². The number of fused-ring (bicyclic) bond motifs is 2. The Morgan fingerprint density at radius 2 is 2.00 bits per heavy atom. The van der Waals surface area contributed by atoms with Gasteiger partial charge >= 0.3 is 8.56 Å². The van der Waals surface area contributed by atoms with Gasteiger partial charge in [-0.1, -0.05) is 27.7 Å². The average molecular weight is 535 g/mol. The van der Waals surface area contributed by atoms with Crippen molar-refractivity contribution >= 4 is 48.0 Å². The Bertz CT molecular complexity index is 888. The number of ether oxygens (including phenoxy) is 2. The van der Waals surface area contributed by atoms with Gasteiger partial charge in [-0.25, -0.2) is 14.6 Å². The third-order valence-corrected chi connectivity index (χ3v) is 10.8. The molecule has 0 saturated carbocycles. The normalized spacial score (nSPS) is 29.9. The molecule has 2 aliphatic rings. The van der Waals surface area contributed by atoms with Crippen molar-refractivity contribution < 1.29 is 23.4 Å². The monoisotopic (exact) mass is 535 g/mol. The highest BCUT2D eigenvalue weighted by atomic mass is 127. The summed E-state index contributed by atoms with van der Waals surface area (Å²) in [5.41, 5.74) is 6.86. The number of hydrogen-bond donors (Lipinski definition) is 2. The van der Waals surface area contributed by atoms with E-state index in [1.54, 1.807) is 4.68 Å². The average Bonchev–Trinajstić information content (AvgIpc) is 3.12. The van der Waals surface area contributed by atoms with E-state index in [4.69, 9.17) is 24.1 Å². The van der Waals surface area contributed by atoms with Gasteiger partial charge in [-0.2, -0.15) is 5.10 Å². The lowest BCUT2D eigenvalue weighted by Crippen LogP contribution is -2.56. The molecule has 2 aromatic rings. The third-order valence-electron chi connectivity index (χ3n) is 5.61. The smallest absolute Gasteiger partial charge is 0.345 e. The molecule has 4 atom stereocenters. The molecule has 0 amide bonds. The van der Waals surface area contributed by atoms with Crippen molar-refractivity contribution in [2.75, 3.05) is 19.1 Å². The van der Waals surface area contributed by atoms with E-state index >= 15 is 0 Å². The first-order chi connectivity index (χ1) is 13.8. The third kappa shape index (κ3) is 3.47. The topological polar surface area (TPSA) is 127 Å². The van der Waals surface area contributed by atoms with Crippen molar-refractivity contribution in [3.8, 4) is 0 Å². The van der Waals surface area contributed by atoms with E-state index in [1.165, 1.54) is 6.33 Å². The lowest BCUT2D eigenvalue weighted by Gasteiger charge is -2.42. The molecule has 29 heavy (non-hydrogen) atoms. The number of nitrogens with two attached hydrogens (primary N) is 1. The summed E-state index contributed by atoms with van der Waals surface area (Å²) in [5, 5.41) is 16.4. The molecule has 0 radical (unpaired) electrons. The maximum atomic E-state index is 11.2. The number of hydrogen-bond acceptors (Lipinski definition) is 9. The Balaban J connectivity index is 1.72. The van der Waals surface area contributed by atoms with Crippen LogP contribution in [0.4, 0.5) is 5.82 Å². The predicted octanol–water partition coefficient (Wildman–Crippen LogP) is 1.92. The van der Waals surface area contributed by atoms with Gasteiger partial charge in [-0.3, -0.25) is 0 Å². The second-order valence-corrected chi connectivity index (χ2v) is 13.3. The van der Waals surface area contributed by atoms with Crippen LogP contribution in [0.1, 0.15) is 33.9 Å². The summed E-state index contributed by atoms with van der Waals surface area (Å²) in [6.45, 7) is 8.77. The van der Waals surface area contributed by atoms with Gasteiger partial charge in [0.25, 0.3) is 0 Å². The Hall–Kier alpha value is -0.903. The Morgan fingerprint density at radius 1 is 1.28 bits per heavy atom. The number of aliphatic hydroxyl groups is 1. The Kier molecular flexibility index (Phi) is 5.87. The minimum absolute atomic E-state index is 0.155. The number of anilines is 1. The molecule has 2 saturated heterocycles. The van der Waals surface area contributed by atoms with Crippen molar-refractivity contribution in [3.05, 3.63) is 10.0 Å². The number of aromatic nitrogens is 4. The van der Waals surface area contributed by atoms with Crippen molar-refractivity contribution in [3.63, 3.8) is 0 Å². The largest absolute Gasteiger partial charge is 0.386 e. The number of nitrogens with zero attached hydrogens (tertiary/aromatic N) is 4. The maximum absolute atomic E-state index is 11.2. The van der Waals surface area contributed by atoms with Crippen LogP contribution < -0.4 is 5.73 Å². The van der Waals surface area contributed by atoms with Crippen LogP contribution in [0.5, 0.6) is 0 Å². The first-order valence-electron chi connectivity index (χ1n) is 9.63. The lowest BCUT2D eigenvalue weighted by atomic mass is 10.1. The fraction of sp³-hybridized carbons (Fsp3) is 0.706. The van der Waals surface area contributed by atoms with Gasteiger partial charge < -0.3 is 29.2 Å². The zero-order valence-corrected chi connectivity index (χ0v) is 19.9. The van der Waals surface area contributed by atoms with Gasteiger partial charge in [0.05, 0.1) is 12.0 Å². The van der Waals surface area contributed by atoms with E-state index in [9.17, 15) is 5.11 Å². The summed E-state index contributed by atoms with van der Waals surface area (Å²) in [7, 11) is -2.68. The zero-order chi connectivity index (χ0) is 20.9. The quantitative estimate of drug-likeness (QED) is 0.448. The molecule has 10 nitrogen and oxygen atoms in total. The first kappa shape index (κ1) is 21.3. The molecule has 2 fully saturated rings. The van der Waals surface area contributed by atoms with Crippen LogP contribution in [0.25, 0.3) is 11.0 Å². The molecule has 0 bridgehead atoms. The number of halogens is 1. The molecular formula is C17H26IN5O5Si. The summed E-state index contributed by atoms with van der Waals surface area (Å²) in [6, 6.07) is 0. The summed E-state index contributed by atoms with van der Waals surface area (Å²) >= 11 is 2.08. The molecule has 2 aromatic heterocycles. The van der Waals surface area contributed by atoms with Crippen molar-refractivity contribution in [2.45, 2.75) is 63.3 Å². The molecule has 4 rings (SSSR count). The highest BCUT2D eigenvalue weighted by molar-refractivity contribution is 14.1. The second-order valence-electron chi connectivity index (χ2n) is 7.99. The molecule has 0 aromatic carbocycles.